The third-order valence-electron chi connectivity index (χ3n) is 10.3. The summed E-state index contributed by atoms with van der Waals surface area (Å²) in [6.45, 7) is 9.56. The van der Waals surface area contributed by atoms with Crippen molar-refractivity contribution in [2.24, 2.45) is 11.8 Å². The minimum Gasteiger partial charge on any atom is -0.312 e. The summed E-state index contributed by atoms with van der Waals surface area (Å²) in [6.07, 6.45) is 13.4. The smallest absolute Gasteiger partial charge is 0.0795 e. The first-order chi connectivity index (χ1) is 21.4. The third kappa shape index (κ3) is 3.50. The summed E-state index contributed by atoms with van der Waals surface area (Å²) in [5.74, 6) is 0.941. The molecule has 44 heavy (non-hydrogen) atoms. The fourth-order valence-corrected chi connectivity index (χ4v) is 8.47. The van der Waals surface area contributed by atoms with Crippen LogP contribution in [0.3, 0.4) is 0 Å². The van der Waals surface area contributed by atoms with Gasteiger partial charge in [-0.1, -0.05) is 101 Å². The normalized spacial score (nSPS) is 20.0. The van der Waals surface area contributed by atoms with Crippen molar-refractivity contribution in [1.29, 1.82) is 0 Å². The molecular weight excluding hydrogens is 534 g/mol. The van der Waals surface area contributed by atoms with Gasteiger partial charge < -0.3 is 4.57 Å². The number of nitrogens with zero attached hydrogens (tertiary/aromatic N) is 3. The van der Waals surface area contributed by atoms with Gasteiger partial charge >= 0.3 is 0 Å². The number of hydrogen-bond donors (Lipinski definition) is 0. The van der Waals surface area contributed by atoms with Gasteiger partial charge in [0, 0.05) is 50.3 Å². The third-order valence-corrected chi connectivity index (χ3v) is 10.3. The fourth-order valence-electron chi connectivity index (χ4n) is 8.47. The fraction of sp³-hybridized carbons (Fsp3) is 0.220. The maximum absolute atomic E-state index is 5.54. The van der Waals surface area contributed by atoms with E-state index in [2.05, 4.69) is 123 Å². The van der Waals surface area contributed by atoms with Crippen LogP contribution in [0.15, 0.2) is 103 Å². The quantitative estimate of drug-likeness (QED) is 0.208. The molecule has 3 aromatic heterocycles. The Morgan fingerprint density at radius 1 is 0.864 bits per heavy atom. The van der Waals surface area contributed by atoms with Crippen molar-refractivity contribution in [1.82, 2.24) is 14.5 Å². The van der Waals surface area contributed by atoms with Gasteiger partial charge in [0.05, 0.1) is 28.1 Å². The Morgan fingerprint density at radius 3 is 2.52 bits per heavy atom. The zero-order valence-electron chi connectivity index (χ0n) is 25.7. The molecule has 3 aliphatic carbocycles. The number of hydrogen-bond acceptors (Lipinski definition) is 2. The lowest BCUT2D eigenvalue weighted by atomic mass is 9.73. The second-order valence-corrected chi connectivity index (χ2v) is 13.6. The van der Waals surface area contributed by atoms with Crippen molar-refractivity contribution in [3.8, 4) is 16.9 Å². The summed E-state index contributed by atoms with van der Waals surface area (Å²) in [5, 5.41) is 5.01. The van der Waals surface area contributed by atoms with Crippen LogP contribution in [0.1, 0.15) is 56.6 Å². The van der Waals surface area contributed by atoms with Gasteiger partial charge in [0.1, 0.15) is 0 Å². The molecule has 0 saturated carbocycles. The Labute approximate surface area is 258 Å². The van der Waals surface area contributed by atoms with Crippen molar-refractivity contribution >= 4 is 44.2 Å². The van der Waals surface area contributed by atoms with Crippen LogP contribution in [0.2, 0.25) is 0 Å². The molecule has 6 aromatic rings. The Bertz CT molecular complexity index is 2290. The lowest BCUT2D eigenvalue weighted by Gasteiger charge is -2.32. The van der Waals surface area contributed by atoms with Gasteiger partial charge in [-0.2, -0.15) is 0 Å². The molecule has 3 nitrogen and oxygen atoms in total. The van der Waals surface area contributed by atoms with Crippen molar-refractivity contribution in [2.45, 2.75) is 46.0 Å². The lowest BCUT2D eigenvalue weighted by molar-refractivity contribution is 0.528. The number of aromatic nitrogens is 3. The summed E-state index contributed by atoms with van der Waals surface area (Å²) in [7, 11) is 0. The maximum atomic E-state index is 5.54. The molecule has 0 spiro atoms. The average molecular weight is 570 g/mol. The zero-order valence-corrected chi connectivity index (χ0v) is 25.7. The van der Waals surface area contributed by atoms with Gasteiger partial charge in [0.15, 0.2) is 0 Å². The highest BCUT2D eigenvalue weighted by Crippen LogP contribution is 2.54. The number of pyridine rings is 2. The summed E-state index contributed by atoms with van der Waals surface area (Å²) in [6, 6.07) is 26.6. The molecule has 2 atom stereocenters. The minimum absolute atomic E-state index is 0.150. The van der Waals surface area contributed by atoms with E-state index < -0.39 is 0 Å². The summed E-state index contributed by atoms with van der Waals surface area (Å²) in [5.41, 5.74) is 13.5. The summed E-state index contributed by atoms with van der Waals surface area (Å²) < 4.78 is 2.61. The van der Waals surface area contributed by atoms with Crippen LogP contribution in [0.25, 0.3) is 61.2 Å². The van der Waals surface area contributed by atoms with E-state index in [0.717, 1.165) is 40.7 Å². The van der Waals surface area contributed by atoms with E-state index in [1.54, 1.807) is 0 Å². The Balaban J connectivity index is 1.44. The van der Waals surface area contributed by atoms with Gasteiger partial charge in [0.25, 0.3) is 0 Å². The standard InChI is InChI=1S/C41H35N3/c1-24-17-18-29-32-21-27-11-5-6-12-28(27)22-35(32)44(34(29)20-24)36-23-33(30-15-8-13-26-14-9-19-42-39(26)30)43-40-31-16-7-10-25(2)37(31)41(3,4)38(36)40/h5-9,11-19,21-25H,10,20H2,1-4H3. The van der Waals surface area contributed by atoms with Gasteiger partial charge in [-0.15, -0.1) is 0 Å². The van der Waals surface area contributed by atoms with Crippen LogP contribution in [0.5, 0.6) is 0 Å². The Hall–Kier alpha value is -4.76. The highest BCUT2D eigenvalue weighted by atomic mass is 15.0. The lowest BCUT2D eigenvalue weighted by Crippen LogP contribution is -2.24. The van der Waals surface area contributed by atoms with Crippen LogP contribution in [0.4, 0.5) is 0 Å². The second kappa shape index (κ2) is 9.12. The molecule has 0 radical (unpaired) electrons. The molecule has 9 rings (SSSR count). The van der Waals surface area contributed by atoms with Crippen molar-refractivity contribution in [3.63, 3.8) is 0 Å². The first-order valence-electron chi connectivity index (χ1n) is 16.0. The molecule has 214 valence electrons. The van der Waals surface area contributed by atoms with Gasteiger partial charge in [0.2, 0.25) is 0 Å². The van der Waals surface area contributed by atoms with Crippen LogP contribution in [0, 0.1) is 11.8 Å². The SMILES string of the molecule is CC1C=Cc2c(n(-c3cc(-c4cccc5cccnc45)nc4c3C(C)(C)C3=C4C=CCC3C)c3cc4ccccc4cc23)C1. The summed E-state index contributed by atoms with van der Waals surface area (Å²) in [4.78, 5) is 10.4. The topological polar surface area (TPSA) is 30.7 Å². The summed E-state index contributed by atoms with van der Waals surface area (Å²) >= 11 is 0. The number of fused-ring (bicyclic) bond motifs is 7. The molecule has 0 bridgehead atoms. The van der Waals surface area contributed by atoms with E-state index >= 15 is 0 Å². The highest BCUT2D eigenvalue weighted by molar-refractivity contribution is 6.04. The molecular formula is C41H35N3. The van der Waals surface area contributed by atoms with Gasteiger partial charge in [-0.05, 0) is 65.3 Å². The second-order valence-electron chi connectivity index (χ2n) is 13.6. The monoisotopic (exact) mass is 569 g/mol. The Kier molecular flexibility index (Phi) is 5.33. The molecule has 3 aromatic carbocycles. The predicted octanol–water partition coefficient (Wildman–Crippen LogP) is 10.2. The van der Waals surface area contributed by atoms with Crippen molar-refractivity contribution < 1.29 is 0 Å². The largest absolute Gasteiger partial charge is 0.312 e. The maximum Gasteiger partial charge on any atom is 0.0795 e. The van der Waals surface area contributed by atoms with Crippen LogP contribution in [-0.4, -0.2) is 14.5 Å². The molecule has 3 heterocycles. The molecule has 3 heteroatoms. The molecule has 2 unspecified atom stereocenters. The van der Waals surface area contributed by atoms with Crippen molar-refractivity contribution in [2.75, 3.05) is 0 Å². The van der Waals surface area contributed by atoms with Crippen molar-refractivity contribution in [3.05, 3.63) is 125 Å². The Morgan fingerprint density at radius 2 is 1.66 bits per heavy atom. The number of benzene rings is 3. The molecule has 3 aliphatic rings. The molecule has 0 N–H and O–H groups in total. The molecule has 0 amide bonds. The van der Waals surface area contributed by atoms with E-state index in [-0.39, 0.29) is 5.41 Å². The number of para-hydroxylation sites is 1. The number of allylic oxidation sites excluding steroid dienone is 5. The minimum atomic E-state index is -0.150. The van der Waals surface area contributed by atoms with Crippen LogP contribution < -0.4 is 0 Å². The first-order valence-corrected chi connectivity index (χ1v) is 16.0. The van der Waals surface area contributed by atoms with Crippen LogP contribution in [-0.2, 0) is 11.8 Å². The first kappa shape index (κ1) is 25.7. The molecule has 0 saturated heterocycles. The van der Waals surface area contributed by atoms with E-state index in [0.29, 0.717) is 11.8 Å². The van der Waals surface area contributed by atoms with E-state index in [1.807, 2.05) is 12.3 Å². The van der Waals surface area contributed by atoms with Gasteiger partial charge in [-0.25, -0.2) is 4.98 Å². The molecule has 0 fully saturated rings. The zero-order chi connectivity index (χ0) is 29.7. The highest BCUT2D eigenvalue weighted by Gasteiger charge is 2.44. The van der Waals surface area contributed by atoms with E-state index in [9.17, 15) is 0 Å². The van der Waals surface area contributed by atoms with Gasteiger partial charge in [-0.3, -0.25) is 4.98 Å². The predicted molar refractivity (Wildman–Crippen MR) is 184 cm³/mol. The van der Waals surface area contributed by atoms with E-state index in [1.165, 1.54) is 55.3 Å². The molecule has 0 aliphatic heterocycles. The van der Waals surface area contributed by atoms with E-state index in [4.69, 9.17) is 9.97 Å². The number of rotatable bonds is 2. The van der Waals surface area contributed by atoms with Crippen LogP contribution >= 0.6 is 0 Å². The average Bonchev–Trinajstić information content (AvgIpc) is 3.47.